The number of nitriles is 1. The van der Waals surface area contributed by atoms with E-state index < -0.39 is 5.97 Å². The van der Waals surface area contributed by atoms with E-state index in [0.717, 1.165) is 49.0 Å². The van der Waals surface area contributed by atoms with Gasteiger partial charge in [0.25, 0.3) is 0 Å². The average molecular weight is 387 g/mol. The Hall–Kier alpha value is -2.36. The predicted octanol–water partition coefficient (Wildman–Crippen LogP) is 3.44. The maximum Gasteiger partial charge on any atom is 0.317 e. The highest BCUT2D eigenvalue weighted by Gasteiger charge is 2.24. The van der Waals surface area contributed by atoms with E-state index in [-0.39, 0.29) is 12.6 Å². The zero-order chi connectivity index (χ0) is 19.6. The van der Waals surface area contributed by atoms with E-state index in [4.69, 9.17) is 16.7 Å². The monoisotopic (exact) mass is 386 g/mol. The van der Waals surface area contributed by atoms with Gasteiger partial charge in [-0.25, -0.2) is 0 Å². The number of carbonyl (C=O) groups is 1. The van der Waals surface area contributed by atoms with E-state index in [1.807, 2.05) is 31.0 Å². The van der Waals surface area contributed by atoms with Crippen LogP contribution < -0.4 is 4.90 Å². The zero-order valence-electron chi connectivity index (χ0n) is 15.6. The Kier molecular flexibility index (Phi) is 5.83. The number of carboxylic acid groups (broad SMARTS) is 1. The molecule has 1 aromatic carbocycles. The Bertz CT molecular complexity index is 909. The molecule has 6 nitrogen and oxygen atoms in total. The molecule has 1 aliphatic heterocycles. The van der Waals surface area contributed by atoms with Crippen molar-refractivity contribution in [1.29, 1.82) is 5.26 Å². The summed E-state index contributed by atoms with van der Waals surface area (Å²) in [6.45, 7) is 3.60. The van der Waals surface area contributed by atoms with Crippen molar-refractivity contribution in [3.05, 3.63) is 34.5 Å². The van der Waals surface area contributed by atoms with Crippen LogP contribution in [0.3, 0.4) is 0 Å². The number of fused-ring (bicyclic) bond motifs is 1. The number of anilines is 1. The van der Waals surface area contributed by atoms with Crippen molar-refractivity contribution in [2.24, 2.45) is 0 Å². The summed E-state index contributed by atoms with van der Waals surface area (Å²) in [5.41, 5.74) is 3.16. The third-order valence-electron chi connectivity index (χ3n) is 5.18. The molecular weight excluding hydrogens is 364 g/mol. The molecule has 1 saturated heterocycles. The van der Waals surface area contributed by atoms with Gasteiger partial charge in [-0.05, 0) is 50.9 Å². The lowest BCUT2D eigenvalue weighted by Crippen LogP contribution is -2.36. The molecule has 0 radical (unpaired) electrons. The molecule has 0 aliphatic carbocycles. The lowest BCUT2D eigenvalue weighted by Gasteiger charge is -2.27. The molecular formula is C20H23ClN4O2. The number of aromatic nitrogens is 1. The first-order chi connectivity index (χ1) is 12.9. The number of pyridine rings is 1. The Morgan fingerprint density at radius 2 is 2.22 bits per heavy atom. The Balaban J connectivity index is 1.95. The quantitative estimate of drug-likeness (QED) is 0.866. The molecule has 1 aliphatic rings. The van der Waals surface area contributed by atoms with Gasteiger partial charge >= 0.3 is 5.97 Å². The minimum Gasteiger partial charge on any atom is -0.480 e. The molecule has 142 valence electrons. The van der Waals surface area contributed by atoms with E-state index in [1.165, 1.54) is 0 Å². The summed E-state index contributed by atoms with van der Waals surface area (Å²) < 4.78 is 0. The number of benzene rings is 1. The van der Waals surface area contributed by atoms with E-state index >= 15 is 0 Å². The van der Waals surface area contributed by atoms with Gasteiger partial charge in [-0.15, -0.1) is 0 Å². The smallest absolute Gasteiger partial charge is 0.317 e. The van der Waals surface area contributed by atoms with E-state index in [9.17, 15) is 10.1 Å². The van der Waals surface area contributed by atoms with Crippen LogP contribution in [0.5, 0.6) is 0 Å². The second-order valence-electron chi connectivity index (χ2n) is 7.16. The fraction of sp³-hybridized carbons (Fsp3) is 0.450. The standard InChI is InChI=1S/C20H23ClN4O2/c1-13-8-16-19(17(21)9-13)23-11-14(10-22)20(16)25-6-3-4-15(5-7-25)24(2)12-18(26)27/h8-9,11,15H,3-7,12H2,1-2H3,(H,26,27). The highest BCUT2D eigenvalue weighted by Crippen LogP contribution is 2.35. The summed E-state index contributed by atoms with van der Waals surface area (Å²) in [6, 6.07) is 6.40. The number of hydrogen-bond acceptors (Lipinski definition) is 5. The molecule has 1 atom stereocenters. The van der Waals surface area contributed by atoms with Crippen LogP contribution in [0.25, 0.3) is 10.9 Å². The molecule has 7 heteroatoms. The number of halogens is 1. The van der Waals surface area contributed by atoms with Crippen LogP contribution in [0, 0.1) is 18.3 Å². The summed E-state index contributed by atoms with van der Waals surface area (Å²) in [5, 5.41) is 20.2. The second-order valence-corrected chi connectivity index (χ2v) is 7.56. The molecule has 2 heterocycles. The van der Waals surface area contributed by atoms with Gasteiger partial charge in [-0.3, -0.25) is 14.7 Å². The Labute approximate surface area is 164 Å². The van der Waals surface area contributed by atoms with Gasteiger partial charge in [0.15, 0.2) is 0 Å². The number of nitrogens with zero attached hydrogens (tertiary/aromatic N) is 4. The maximum absolute atomic E-state index is 11.0. The van der Waals surface area contributed by atoms with Crippen molar-refractivity contribution in [1.82, 2.24) is 9.88 Å². The van der Waals surface area contributed by atoms with Crippen molar-refractivity contribution in [2.75, 3.05) is 31.6 Å². The van der Waals surface area contributed by atoms with Crippen molar-refractivity contribution >= 4 is 34.2 Å². The molecule has 1 unspecified atom stereocenters. The van der Waals surface area contributed by atoms with Crippen LogP contribution >= 0.6 is 11.6 Å². The molecule has 0 amide bonds. The average Bonchev–Trinajstić information content (AvgIpc) is 2.86. The SMILES string of the molecule is Cc1cc(Cl)c2ncc(C#N)c(N3CCCC(N(C)CC(=O)O)CC3)c2c1. The van der Waals surface area contributed by atoms with Crippen LogP contribution in [-0.4, -0.2) is 53.7 Å². The molecule has 1 N–H and O–H groups in total. The van der Waals surface area contributed by atoms with Gasteiger partial charge < -0.3 is 10.0 Å². The maximum atomic E-state index is 11.0. The van der Waals surface area contributed by atoms with Gasteiger partial charge in [-0.1, -0.05) is 11.6 Å². The van der Waals surface area contributed by atoms with Crippen LogP contribution in [0.15, 0.2) is 18.3 Å². The van der Waals surface area contributed by atoms with E-state index in [0.29, 0.717) is 16.1 Å². The minimum atomic E-state index is -0.810. The molecule has 1 aromatic heterocycles. The summed E-state index contributed by atoms with van der Waals surface area (Å²) in [4.78, 5) is 19.5. The molecule has 2 aromatic rings. The zero-order valence-corrected chi connectivity index (χ0v) is 16.3. The second kappa shape index (κ2) is 8.12. The summed E-state index contributed by atoms with van der Waals surface area (Å²) >= 11 is 6.39. The fourth-order valence-corrected chi connectivity index (χ4v) is 4.21. The van der Waals surface area contributed by atoms with Gasteiger partial charge in [0, 0.05) is 30.7 Å². The van der Waals surface area contributed by atoms with Gasteiger partial charge in [-0.2, -0.15) is 5.26 Å². The third kappa shape index (κ3) is 4.15. The summed E-state index contributed by atoms with van der Waals surface area (Å²) in [7, 11) is 1.86. The van der Waals surface area contributed by atoms with Crippen molar-refractivity contribution in [2.45, 2.75) is 32.2 Å². The number of rotatable bonds is 4. The lowest BCUT2D eigenvalue weighted by atomic mass is 10.1. The van der Waals surface area contributed by atoms with Crippen LogP contribution in [0.4, 0.5) is 5.69 Å². The van der Waals surface area contributed by atoms with Crippen LogP contribution in [-0.2, 0) is 4.79 Å². The van der Waals surface area contributed by atoms with E-state index in [2.05, 4.69) is 16.0 Å². The highest BCUT2D eigenvalue weighted by atomic mass is 35.5. The number of likely N-dealkylation sites (N-methyl/N-ethyl adjacent to an activating group) is 1. The first kappa shape index (κ1) is 19.4. The number of hydrogen-bond donors (Lipinski definition) is 1. The van der Waals surface area contributed by atoms with E-state index in [1.54, 1.807) is 6.20 Å². The fourth-order valence-electron chi connectivity index (χ4n) is 3.89. The first-order valence-corrected chi connectivity index (χ1v) is 9.44. The molecule has 27 heavy (non-hydrogen) atoms. The first-order valence-electron chi connectivity index (χ1n) is 9.06. The van der Waals surface area contributed by atoms with Crippen molar-refractivity contribution in [3.8, 4) is 6.07 Å². The minimum absolute atomic E-state index is 0.0428. The number of aryl methyl sites for hydroxylation is 1. The van der Waals surface area contributed by atoms with Crippen LogP contribution in [0.2, 0.25) is 5.02 Å². The topological polar surface area (TPSA) is 80.5 Å². The third-order valence-corrected chi connectivity index (χ3v) is 5.47. The van der Waals surface area contributed by atoms with Gasteiger partial charge in [0.05, 0.1) is 28.3 Å². The molecule has 0 bridgehead atoms. The number of carboxylic acids is 1. The van der Waals surface area contributed by atoms with Crippen molar-refractivity contribution in [3.63, 3.8) is 0 Å². The predicted molar refractivity (Wildman–Crippen MR) is 106 cm³/mol. The molecule has 1 fully saturated rings. The molecule has 0 spiro atoms. The highest BCUT2D eigenvalue weighted by molar-refractivity contribution is 6.35. The molecule has 0 saturated carbocycles. The normalized spacial score (nSPS) is 17.7. The Morgan fingerprint density at radius 1 is 1.44 bits per heavy atom. The molecule has 3 rings (SSSR count). The Morgan fingerprint density at radius 3 is 2.93 bits per heavy atom. The number of aliphatic carboxylic acids is 1. The summed E-state index contributed by atoms with van der Waals surface area (Å²) in [6.07, 6.45) is 4.31. The lowest BCUT2D eigenvalue weighted by molar-refractivity contribution is -0.138. The largest absolute Gasteiger partial charge is 0.480 e. The summed E-state index contributed by atoms with van der Waals surface area (Å²) in [5.74, 6) is -0.810. The van der Waals surface area contributed by atoms with Crippen LogP contribution in [0.1, 0.15) is 30.4 Å². The van der Waals surface area contributed by atoms with Gasteiger partial charge in [0.1, 0.15) is 6.07 Å². The van der Waals surface area contributed by atoms with Crippen molar-refractivity contribution < 1.29 is 9.90 Å². The van der Waals surface area contributed by atoms with Gasteiger partial charge in [0.2, 0.25) is 0 Å².